The summed E-state index contributed by atoms with van der Waals surface area (Å²) in [4.78, 5) is 86.7. The van der Waals surface area contributed by atoms with E-state index in [9.17, 15) is 17.6 Å². The molecule has 0 radical (unpaired) electrons. The molecule has 640 valence electrons. The monoisotopic (exact) mass is 1740 g/mol. The van der Waals surface area contributed by atoms with Crippen LogP contribution in [0.5, 0.6) is 0 Å². The number of aromatic nitrogens is 28. The van der Waals surface area contributed by atoms with E-state index in [1.54, 1.807) is 130 Å². The molecule has 24 aromatic rings. The molecule has 0 unspecified atom stereocenters. The molecule has 24 rings (SSSR count). The fraction of sp³-hybridized carbons (Fsp3) is 0.0515. The Kier molecular flexibility index (Phi) is 20.9. The number of aromatic amines is 8. The number of anilines is 3. The van der Waals surface area contributed by atoms with Crippen LogP contribution in [0.15, 0.2) is 276 Å². The molecule has 0 aliphatic carbocycles. The molecule has 0 amide bonds. The Morgan fingerprint density at radius 1 is 0.303 bits per heavy atom. The molecule has 0 spiro atoms. The second-order valence-corrected chi connectivity index (χ2v) is 31.3. The molecule has 0 fully saturated rings. The van der Waals surface area contributed by atoms with E-state index in [2.05, 4.69) is 146 Å². The molecule has 0 saturated carbocycles. The Hall–Kier alpha value is -18.4. The Bertz CT molecular complexity index is 8480. The zero-order chi connectivity index (χ0) is 89.6. The van der Waals surface area contributed by atoms with Crippen LogP contribution in [0, 0.1) is 23.3 Å². The van der Waals surface area contributed by atoms with Crippen molar-refractivity contribution in [3.8, 4) is 135 Å². The second-order valence-electron chi connectivity index (χ2n) is 31.3. The number of benzene rings is 4. The normalized spacial score (nSPS) is 11.4. The number of nitrogens with one attached hydrogen (secondary N) is 9. The van der Waals surface area contributed by atoms with Gasteiger partial charge in [0.05, 0.1) is 114 Å². The third kappa shape index (κ3) is 16.0. The maximum atomic E-state index is 13.8. The summed E-state index contributed by atoms with van der Waals surface area (Å²) in [5, 5.41) is 36.2. The Morgan fingerprint density at radius 2 is 0.614 bits per heavy atom. The lowest BCUT2D eigenvalue weighted by Crippen LogP contribution is -2.09. The third-order valence-electron chi connectivity index (χ3n) is 21.9. The van der Waals surface area contributed by atoms with Gasteiger partial charge in [-0.05, 0) is 133 Å². The number of imidazole rings is 4. The zero-order valence-corrected chi connectivity index (χ0v) is 70.0. The summed E-state index contributed by atoms with van der Waals surface area (Å²) in [5.41, 5.74) is 32.4. The van der Waals surface area contributed by atoms with Gasteiger partial charge in [0, 0.05) is 180 Å². The second kappa shape index (κ2) is 34.1. The molecule has 132 heavy (non-hydrogen) atoms. The molecule has 4 aromatic carbocycles. The van der Waals surface area contributed by atoms with E-state index in [0.29, 0.717) is 119 Å². The lowest BCUT2D eigenvalue weighted by molar-refractivity contribution is 0.628. The predicted octanol–water partition coefficient (Wildman–Crippen LogP) is 19.5. The number of halogens is 4. The first-order valence-corrected chi connectivity index (χ1v) is 41.3. The van der Waals surface area contributed by atoms with Crippen LogP contribution in [0.2, 0.25) is 0 Å². The van der Waals surface area contributed by atoms with Crippen LogP contribution in [0.1, 0.15) is 13.8 Å². The van der Waals surface area contributed by atoms with Gasteiger partial charge in [-0.3, -0.25) is 60.3 Å². The van der Waals surface area contributed by atoms with Crippen molar-refractivity contribution in [1.82, 2.24) is 140 Å². The van der Waals surface area contributed by atoms with Crippen molar-refractivity contribution >= 4 is 105 Å². The molecule has 0 aliphatic rings. The average Bonchev–Trinajstić information content (AvgIpc) is 1.62. The van der Waals surface area contributed by atoms with Gasteiger partial charge in [-0.2, -0.15) is 20.4 Å². The molecule has 20 aromatic heterocycles. The zero-order valence-electron chi connectivity index (χ0n) is 70.0. The van der Waals surface area contributed by atoms with Crippen LogP contribution in [-0.4, -0.2) is 161 Å². The van der Waals surface area contributed by atoms with Crippen LogP contribution in [-0.2, 0) is 0 Å². The number of hydrogen-bond donors (Lipinski definition) is 10. The molecule has 11 N–H and O–H groups in total. The van der Waals surface area contributed by atoms with Crippen LogP contribution < -0.4 is 16.0 Å². The molecular weight excluding hydrogens is 1680 g/mol. The molecule has 0 atom stereocenters. The topological polar surface area (TPSA) is 425 Å². The van der Waals surface area contributed by atoms with E-state index in [-0.39, 0.29) is 23.3 Å². The smallest absolute Gasteiger partial charge is 0.181 e. The maximum absolute atomic E-state index is 13.8. The fourth-order valence-corrected chi connectivity index (χ4v) is 15.6. The molecule has 31 nitrogen and oxygen atoms in total. The van der Waals surface area contributed by atoms with Crippen LogP contribution in [0.4, 0.5) is 34.6 Å². The molecular formula is C97H69F4N31. The summed E-state index contributed by atoms with van der Waals surface area (Å²) in [5.74, 6) is 1.14. The number of H-pyrrole nitrogens is 8. The van der Waals surface area contributed by atoms with Gasteiger partial charge in [-0.1, -0.05) is 54.6 Å². The maximum Gasteiger partial charge on any atom is 0.181 e. The van der Waals surface area contributed by atoms with E-state index in [1.807, 2.05) is 110 Å². The van der Waals surface area contributed by atoms with Crippen molar-refractivity contribution in [3.63, 3.8) is 0 Å². The minimum atomic E-state index is -0.315. The van der Waals surface area contributed by atoms with Crippen molar-refractivity contribution in [2.24, 2.45) is 0 Å². The number of nitrogens with two attached hydrogens (primary N) is 1. The Balaban J connectivity index is 0.000000106. The number of fused-ring (bicyclic) bond motifs is 8. The van der Waals surface area contributed by atoms with Crippen molar-refractivity contribution < 1.29 is 17.6 Å². The summed E-state index contributed by atoms with van der Waals surface area (Å²) in [6.07, 6.45) is 34.7. The lowest BCUT2D eigenvalue weighted by Gasteiger charge is -2.12. The molecule has 20 heterocycles. The minimum Gasteiger partial charge on any atom is -0.397 e. The SMILES string of the molecule is CC(C)Nc1cncc(-c2cnc3n[nH]c(-c4nc5c(-c6cccc(F)c6)cncc5[nH]4)c3c2)c1.CN(C)c1cncc(-c2cnc3n[nH]c(-c4nc5c(-c6cccc(F)c6)cncc5[nH]4)c3c2)c1.Fc1cccc(-c2cncc3[nH]c(-c4[nH]nc5ncc(-c6cccnc6)cc45)nc23)c1.Nc1cncc(-c2cnc3n[nH]c(-c4nc5c(-c6cccc(F)c6)cncc5[nH]4)c3c2)c1. The highest BCUT2D eigenvalue weighted by atomic mass is 19.1. The first kappa shape index (κ1) is 80.7. The van der Waals surface area contributed by atoms with Gasteiger partial charge in [-0.25, -0.2) is 57.4 Å². The lowest BCUT2D eigenvalue weighted by atomic mass is 10.1. The van der Waals surface area contributed by atoms with E-state index < -0.39 is 0 Å². The van der Waals surface area contributed by atoms with Gasteiger partial charge in [0.1, 0.15) is 46.0 Å². The van der Waals surface area contributed by atoms with Gasteiger partial charge in [0.25, 0.3) is 0 Å². The number of hydrogen-bond acceptors (Lipinski definition) is 23. The number of rotatable bonds is 15. The fourth-order valence-electron chi connectivity index (χ4n) is 15.6. The summed E-state index contributed by atoms with van der Waals surface area (Å²) in [7, 11) is 3.95. The van der Waals surface area contributed by atoms with Gasteiger partial charge < -0.3 is 35.9 Å². The quantitative estimate of drug-likeness (QED) is 0.0426. The van der Waals surface area contributed by atoms with Crippen molar-refractivity contribution in [2.45, 2.75) is 19.9 Å². The summed E-state index contributed by atoms with van der Waals surface area (Å²) in [6.45, 7) is 4.17. The highest BCUT2D eigenvalue weighted by Gasteiger charge is 2.24. The van der Waals surface area contributed by atoms with Gasteiger partial charge >= 0.3 is 0 Å². The van der Waals surface area contributed by atoms with E-state index in [0.717, 1.165) is 127 Å². The predicted molar refractivity (Wildman–Crippen MR) is 499 cm³/mol. The van der Waals surface area contributed by atoms with Crippen molar-refractivity contribution in [3.05, 3.63) is 299 Å². The molecule has 35 heteroatoms. The van der Waals surface area contributed by atoms with Gasteiger partial charge in [0.15, 0.2) is 45.9 Å². The largest absolute Gasteiger partial charge is 0.397 e. The van der Waals surface area contributed by atoms with E-state index >= 15 is 0 Å². The van der Waals surface area contributed by atoms with Gasteiger partial charge in [0.2, 0.25) is 0 Å². The Labute approximate surface area is 743 Å². The first-order valence-electron chi connectivity index (χ1n) is 41.3. The number of nitrogen functional groups attached to an aromatic ring is 1. The Morgan fingerprint density at radius 3 is 0.947 bits per heavy atom. The highest BCUT2D eigenvalue weighted by molar-refractivity contribution is 6.02. The van der Waals surface area contributed by atoms with Crippen molar-refractivity contribution in [1.29, 1.82) is 0 Å². The third-order valence-corrected chi connectivity index (χ3v) is 21.9. The van der Waals surface area contributed by atoms with Crippen LogP contribution >= 0.6 is 0 Å². The van der Waals surface area contributed by atoms with E-state index in [4.69, 9.17) is 25.7 Å². The number of nitrogens with zero attached hydrogens (tertiary/aromatic N) is 21. The average molecular weight is 1740 g/mol. The minimum absolute atomic E-state index is 0.299. The summed E-state index contributed by atoms with van der Waals surface area (Å²) >= 11 is 0. The van der Waals surface area contributed by atoms with Crippen LogP contribution in [0.25, 0.3) is 223 Å². The van der Waals surface area contributed by atoms with Gasteiger partial charge in [-0.15, -0.1) is 0 Å². The van der Waals surface area contributed by atoms with E-state index in [1.165, 1.54) is 48.5 Å². The molecule has 0 aliphatic heterocycles. The van der Waals surface area contributed by atoms with Crippen molar-refractivity contribution in [2.75, 3.05) is 30.0 Å². The van der Waals surface area contributed by atoms with Crippen LogP contribution in [0.3, 0.4) is 0 Å². The standard InChI is InChI=1S/C26H21FN8.C25H19FN8.C23H15FN8.C23H14FN7/c1-14(2)31-19-7-16(9-28-11-19)17-8-20-24(34-35-25(20)30-10-17)26-32-22-13-29-12-21(23(22)33-26)15-4-3-5-18(27)6-15;1-34(2)18-7-15(9-27-11-18)16-8-19-23(32-33-24(19)29-10-16)25-30-21-13-28-12-20(22(21)31-25)14-4-3-5-17(26)6-14;24-15-3-1-2-12(4-15)18-10-27-11-19-20(18)30-23(29-19)21-17-6-14(8-28-22(17)32-31-21)13-5-16(25)9-26-7-13;24-16-5-1-3-13(7-16)18-11-26-12-19-20(18)29-23(28-19)21-17-8-15(10-27-22(17)31-30-21)14-4-2-6-25-9-14/h3-14,31H,1-2H3,(H,32,33)(H,30,34,35);3-13H,1-2H3,(H,30,31)(H,29,32,33);1-11H,25H2,(H,29,30)(H,28,31,32);1-12H,(H,28,29)(H,27,30,31). The summed E-state index contributed by atoms with van der Waals surface area (Å²) in [6, 6.07) is 43.7. The molecule has 0 bridgehead atoms. The molecule has 0 saturated heterocycles. The first-order chi connectivity index (χ1) is 64.5. The summed E-state index contributed by atoms with van der Waals surface area (Å²) < 4.78 is 55.2. The number of pyridine rings is 12. The highest BCUT2D eigenvalue weighted by Crippen LogP contribution is 2.40.